The van der Waals surface area contributed by atoms with E-state index in [1.807, 2.05) is 30.3 Å². The minimum absolute atomic E-state index is 0.0415. The van der Waals surface area contributed by atoms with Gasteiger partial charge < -0.3 is 14.8 Å². The van der Waals surface area contributed by atoms with Gasteiger partial charge in [0.25, 0.3) is 5.91 Å². The molecule has 4 heteroatoms. The van der Waals surface area contributed by atoms with E-state index in [0.29, 0.717) is 13.2 Å². The van der Waals surface area contributed by atoms with E-state index in [0.717, 1.165) is 5.56 Å². The molecule has 1 atom stereocenters. The van der Waals surface area contributed by atoms with Crippen molar-refractivity contribution in [1.29, 1.82) is 0 Å². The maximum atomic E-state index is 12.1. The number of hydrogen-bond donors (Lipinski definition) is 1. The number of nitrogens with one attached hydrogen (secondary N) is 1. The number of ether oxygens (including phenoxy) is 2. The Morgan fingerprint density at radius 3 is 2.53 bits per heavy atom. The van der Waals surface area contributed by atoms with Crippen molar-refractivity contribution in [2.24, 2.45) is 5.92 Å². The minimum atomic E-state index is -0.234. The zero-order valence-electron chi connectivity index (χ0n) is 11.3. The van der Waals surface area contributed by atoms with Crippen molar-refractivity contribution in [3.05, 3.63) is 47.9 Å². The lowest BCUT2D eigenvalue weighted by atomic mass is 9.96. The van der Waals surface area contributed by atoms with Gasteiger partial charge in [-0.15, -0.1) is 0 Å². The van der Waals surface area contributed by atoms with Gasteiger partial charge in [-0.1, -0.05) is 44.2 Å². The predicted molar refractivity (Wildman–Crippen MR) is 72.2 cm³/mol. The van der Waals surface area contributed by atoms with Crippen LogP contribution in [0.25, 0.3) is 0 Å². The highest BCUT2D eigenvalue weighted by Crippen LogP contribution is 2.22. The molecule has 0 spiro atoms. The fraction of sp³-hybridized carbons (Fsp3) is 0.400. The summed E-state index contributed by atoms with van der Waals surface area (Å²) in [4.78, 5) is 12.1. The summed E-state index contributed by atoms with van der Waals surface area (Å²) in [5, 5.41) is 2.99. The smallest absolute Gasteiger partial charge is 0.290 e. The van der Waals surface area contributed by atoms with Crippen LogP contribution in [0.4, 0.5) is 0 Å². The van der Waals surface area contributed by atoms with Gasteiger partial charge in [0, 0.05) is 0 Å². The molecule has 0 saturated carbocycles. The van der Waals surface area contributed by atoms with Crippen molar-refractivity contribution in [1.82, 2.24) is 5.32 Å². The monoisotopic (exact) mass is 261 g/mol. The Kier molecular flexibility index (Phi) is 4.44. The summed E-state index contributed by atoms with van der Waals surface area (Å²) in [6, 6.07) is 9.88. The van der Waals surface area contributed by atoms with Crippen LogP contribution in [0.15, 0.2) is 42.4 Å². The fourth-order valence-corrected chi connectivity index (χ4v) is 2.00. The molecule has 0 fully saturated rings. The third kappa shape index (κ3) is 3.50. The third-order valence-corrected chi connectivity index (χ3v) is 2.98. The van der Waals surface area contributed by atoms with E-state index >= 15 is 0 Å². The zero-order valence-corrected chi connectivity index (χ0v) is 11.3. The Hall–Kier alpha value is -1.97. The second-order valence-electron chi connectivity index (χ2n) is 4.81. The molecule has 1 amide bonds. The lowest BCUT2D eigenvalue weighted by Crippen LogP contribution is -2.34. The van der Waals surface area contributed by atoms with Crippen LogP contribution in [0.3, 0.4) is 0 Å². The first kappa shape index (κ1) is 13.5. The third-order valence-electron chi connectivity index (χ3n) is 2.98. The molecule has 0 saturated heterocycles. The van der Waals surface area contributed by atoms with Gasteiger partial charge in [-0.25, -0.2) is 0 Å². The Labute approximate surface area is 113 Å². The van der Waals surface area contributed by atoms with Crippen molar-refractivity contribution < 1.29 is 14.3 Å². The summed E-state index contributed by atoms with van der Waals surface area (Å²) in [5.74, 6) is 0.298. The quantitative estimate of drug-likeness (QED) is 0.905. The zero-order chi connectivity index (χ0) is 13.7. The molecule has 1 aromatic rings. The highest BCUT2D eigenvalue weighted by molar-refractivity contribution is 5.91. The van der Waals surface area contributed by atoms with Crippen LogP contribution in [-0.4, -0.2) is 19.1 Å². The van der Waals surface area contributed by atoms with Gasteiger partial charge >= 0.3 is 0 Å². The normalized spacial score (nSPS) is 16.1. The summed E-state index contributed by atoms with van der Waals surface area (Å²) in [5.41, 5.74) is 1.09. The van der Waals surface area contributed by atoms with Gasteiger partial charge in [0.1, 0.15) is 19.5 Å². The lowest BCUT2D eigenvalue weighted by molar-refractivity contribution is -0.123. The Morgan fingerprint density at radius 1 is 1.21 bits per heavy atom. The predicted octanol–water partition coefficient (Wildman–Crippen LogP) is 2.39. The van der Waals surface area contributed by atoms with Crippen LogP contribution in [0.2, 0.25) is 0 Å². The molecule has 0 radical (unpaired) electrons. The molecule has 0 aliphatic carbocycles. The van der Waals surface area contributed by atoms with Gasteiger partial charge in [-0.05, 0) is 11.5 Å². The number of carbonyl (C=O) groups excluding carboxylic acids is 1. The second-order valence-corrected chi connectivity index (χ2v) is 4.81. The molecule has 0 aromatic heterocycles. The Balaban J connectivity index is 2.09. The Morgan fingerprint density at radius 2 is 1.95 bits per heavy atom. The Bertz CT molecular complexity index is 454. The van der Waals surface area contributed by atoms with Crippen molar-refractivity contribution >= 4 is 5.91 Å². The highest BCUT2D eigenvalue weighted by Gasteiger charge is 2.22. The van der Waals surface area contributed by atoms with Gasteiger partial charge in [-0.2, -0.15) is 0 Å². The molecule has 1 aromatic carbocycles. The van der Waals surface area contributed by atoms with E-state index in [9.17, 15) is 4.79 Å². The minimum Gasteiger partial charge on any atom is -0.494 e. The molecular weight excluding hydrogens is 242 g/mol. The van der Waals surface area contributed by atoms with Crippen LogP contribution >= 0.6 is 0 Å². The van der Waals surface area contributed by atoms with Gasteiger partial charge in [-0.3, -0.25) is 4.79 Å². The summed E-state index contributed by atoms with van der Waals surface area (Å²) in [6.45, 7) is 5.05. The summed E-state index contributed by atoms with van der Waals surface area (Å²) >= 11 is 0. The van der Waals surface area contributed by atoms with Crippen LogP contribution in [0.1, 0.15) is 25.5 Å². The van der Waals surface area contributed by atoms with E-state index in [2.05, 4.69) is 19.2 Å². The molecule has 1 aliphatic heterocycles. The summed E-state index contributed by atoms with van der Waals surface area (Å²) in [6.07, 6.45) is 1.38. The standard InChI is InChI=1S/C15H19NO3/c1-11(2)14(12-6-4-3-5-7-12)16-15(17)13-10-18-8-9-19-13/h3-7,10-11,14H,8-9H2,1-2H3,(H,16,17)/t14-/m0/s1. The molecular formula is C15H19NO3. The van der Waals surface area contributed by atoms with Gasteiger partial charge in [0.05, 0.1) is 6.04 Å². The first-order chi connectivity index (χ1) is 9.18. The van der Waals surface area contributed by atoms with Crippen molar-refractivity contribution in [2.75, 3.05) is 13.2 Å². The lowest BCUT2D eigenvalue weighted by Gasteiger charge is -2.24. The van der Waals surface area contributed by atoms with Crippen molar-refractivity contribution in [3.8, 4) is 0 Å². The number of benzene rings is 1. The second kappa shape index (κ2) is 6.27. The van der Waals surface area contributed by atoms with Gasteiger partial charge in [0.15, 0.2) is 0 Å². The number of hydrogen-bond acceptors (Lipinski definition) is 3. The number of rotatable bonds is 4. The summed E-state index contributed by atoms with van der Waals surface area (Å²) < 4.78 is 10.4. The van der Waals surface area contributed by atoms with E-state index < -0.39 is 0 Å². The van der Waals surface area contributed by atoms with E-state index in [-0.39, 0.29) is 23.6 Å². The maximum Gasteiger partial charge on any atom is 0.290 e. The molecule has 0 unspecified atom stereocenters. The van der Waals surface area contributed by atoms with E-state index in [4.69, 9.17) is 9.47 Å². The molecule has 19 heavy (non-hydrogen) atoms. The largest absolute Gasteiger partial charge is 0.494 e. The molecule has 1 N–H and O–H groups in total. The molecule has 2 rings (SSSR count). The number of amides is 1. The molecule has 1 aliphatic rings. The fourth-order valence-electron chi connectivity index (χ4n) is 2.00. The average molecular weight is 261 g/mol. The van der Waals surface area contributed by atoms with Crippen molar-refractivity contribution in [3.63, 3.8) is 0 Å². The van der Waals surface area contributed by atoms with Crippen molar-refractivity contribution in [2.45, 2.75) is 19.9 Å². The molecule has 102 valence electrons. The van der Waals surface area contributed by atoms with Crippen LogP contribution < -0.4 is 5.32 Å². The topological polar surface area (TPSA) is 47.6 Å². The average Bonchev–Trinajstić information content (AvgIpc) is 2.46. The van der Waals surface area contributed by atoms with Crippen LogP contribution in [-0.2, 0) is 14.3 Å². The maximum absolute atomic E-state index is 12.1. The molecule has 0 bridgehead atoms. The van der Waals surface area contributed by atoms with E-state index in [1.165, 1.54) is 6.26 Å². The highest BCUT2D eigenvalue weighted by atomic mass is 16.6. The summed E-state index contributed by atoms with van der Waals surface area (Å²) in [7, 11) is 0. The van der Waals surface area contributed by atoms with Crippen LogP contribution in [0.5, 0.6) is 0 Å². The molecule has 4 nitrogen and oxygen atoms in total. The first-order valence-corrected chi connectivity index (χ1v) is 6.49. The van der Waals surface area contributed by atoms with Crippen LogP contribution in [0, 0.1) is 5.92 Å². The molecule has 1 heterocycles. The first-order valence-electron chi connectivity index (χ1n) is 6.49. The SMILES string of the molecule is CC(C)[C@H](NC(=O)C1=COCCO1)c1ccccc1. The number of carbonyl (C=O) groups is 1. The van der Waals surface area contributed by atoms with Gasteiger partial charge in [0.2, 0.25) is 5.76 Å². The van der Waals surface area contributed by atoms with E-state index in [1.54, 1.807) is 0 Å².